The molecule has 2 rings (SSSR count). The molecule has 0 radical (unpaired) electrons. The minimum atomic E-state index is -4.31. The summed E-state index contributed by atoms with van der Waals surface area (Å²) < 4.78 is 39.7. The second-order valence-electron chi connectivity index (χ2n) is 5.33. The summed E-state index contributed by atoms with van der Waals surface area (Å²) in [7, 11) is 3.51. The number of aromatic nitrogens is 2. The standard InChI is InChI=1S/C16H20F3N5/c1-20-15(22-8-10-24-9-7-21-12-24)23(2)11-13-3-5-14(6-4-13)16(17,18)19/h3-7,9,12H,8,10-11H2,1-2H3,(H,20,22). The van der Waals surface area contributed by atoms with Crippen LogP contribution in [-0.2, 0) is 19.3 Å². The number of rotatable bonds is 5. The van der Waals surface area contributed by atoms with Crippen molar-refractivity contribution in [1.29, 1.82) is 0 Å². The van der Waals surface area contributed by atoms with Crippen molar-refractivity contribution < 1.29 is 13.2 Å². The van der Waals surface area contributed by atoms with Crippen LogP contribution in [-0.4, -0.2) is 41.1 Å². The van der Waals surface area contributed by atoms with Crippen molar-refractivity contribution in [3.8, 4) is 0 Å². The van der Waals surface area contributed by atoms with Crippen LogP contribution in [0.4, 0.5) is 13.2 Å². The summed E-state index contributed by atoms with van der Waals surface area (Å²) in [6, 6.07) is 5.16. The highest BCUT2D eigenvalue weighted by molar-refractivity contribution is 5.79. The van der Waals surface area contributed by atoms with E-state index >= 15 is 0 Å². The number of imidazole rings is 1. The summed E-state index contributed by atoms with van der Waals surface area (Å²) in [5.41, 5.74) is 0.139. The van der Waals surface area contributed by atoms with Crippen LogP contribution in [0.3, 0.4) is 0 Å². The van der Waals surface area contributed by atoms with Gasteiger partial charge in [0.1, 0.15) is 0 Å². The molecule has 1 N–H and O–H groups in total. The van der Waals surface area contributed by atoms with Crippen LogP contribution in [0.25, 0.3) is 0 Å². The number of halogens is 3. The van der Waals surface area contributed by atoms with Gasteiger partial charge in [0, 0.05) is 46.1 Å². The third kappa shape index (κ3) is 5.00. The molecule has 24 heavy (non-hydrogen) atoms. The molecule has 0 unspecified atom stereocenters. The summed E-state index contributed by atoms with van der Waals surface area (Å²) in [5, 5.41) is 3.21. The quantitative estimate of drug-likeness (QED) is 0.673. The van der Waals surface area contributed by atoms with Crippen molar-refractivity contribution in [1.82, 2.24) is 19.8 Å². The van der Waals surface area contributed by atoms with Crippen LogP contribution in [0, 0.1) is 0 Å². The molecule has 0 aliphatic heterocycles. The first-order valence-electron chi connectivity index (χ1n) is 7.44. The number of nitrogens with one attached hydrogen (secondary N) is 1. The number of hydrogen-bond donors (Lipinski definition) is 1. The maximum absolute atomic E-state index is 12.6. The van der Waals surface area contributed by atoms with Crippen LogP contribution in [0.15, 0.2) is 48.0 Å². The van der Waals surface area contributed by atoms with Crippen LogP contribution in [0.1, 0.15) is 11.1 Å². The van der Waals surface area contributed by atoms with E-state index in [0.717, 1.165) is 24.2 Å². The van der Waals surface area contributed by atoms with Crippen LogP contribution in [0.5, 0.6) is 0 Å². The zero-order valence-electron chi connectivity index (χ0n) is 13.6. The van der Waals surface area contributed by atoms with E-state index < -0.39 is 11.7 Å². The first-order chi connectivity index (χ1) is 11.4. The minimum Gasteiger partial charge on any atom is -0.354 e. The molecule has 0 spiro atoms. The second kappa shape index (κ2) is 7.85. The molecule has 5 nitrogen and oxygen atoms in total. The summed E-state index contributed by atoms with van der Waals surface area (Å²) in [6.07, 6.45) is 1.01. The third-order valence-corrected chi connectivity index (χ3v) is 3.49. The molecule has 1 heterocycles. The number of aliphatic imine (C=N–C) groups is 1. The predicted molar refractivity (Wildman–Crippen MR) is 86.5 cm³/mol. The highest BCUT2D eigenvalue weighted by atomic mass is 19.4. The Bertz CT molecular complexity index is 647. The average Bonchev–Trinajstić information content (AvgIpc) is 3.04. The SMILES string of the molecule is CN=C(NCCn1ccnc1)N(C)Cc1ccc(C(F)(F)F)cc1. The lowest BCUT2D eigenvalue weighted by molar-refractivity contribution is -0.137. The van der Waals surface area contributed by atoms with E-state index in [0.29, 0.717) is 19.0 Å². The molecule has 0 atom stereocenters. The van der Waals surface area contributed by atoms with Gasteiger partial charge in [-0.2, -0.15) is 13.2 Å². The van der Waals surface area contributed by atoms with Crippen molar-refractivity contribution in [2.45, 2.75) is 19.3 Å². The van der Waals surface area contributed by atoms with Gasteiger partial charge in [-0.25, -0.2) is 4.98 Å². The van der Waals surface area contributed by atoms with Crippen LogP contribution in [0.2, 0.25) is 0 Å². The van der Waals surface area contributed by atoms with Gasteiger partial charge in [0.25, 0.3) is 0 Å². The van der Waals surface area contributed by atoms with Crippen molar-refractivity contribution >= 4 is 5.96 Å². The molecule has 1 aromatic heterocycles. The maximum atomic E-state index is 12.6. The number of hydrogen-bond acceptors (Lipinski definition) is 2. The third-order valence-electron chi connectivity index (χ3n) is 3.49. The highest BCUT2D eigenvalue weighted by Crippen LogP contribution is 2.29. The van der Waals surface area contributed by atoms with Crippen molar-refractivity contribution in [3.63, 3.8) is 0 Å². The summed E-state index contributed by atoms with van der Waals surface area (Å²) in [4.78, 5) is 10.0. The largest absolute Gasteiger partial charge is 0.416 e. The smallest absolute Gasteiger partial charge is 0.354 e. The van der Waals surface area contributed by atoms with E-state index in [1.807, 2.05) is 22.7 Å². The fraction of sp³-hybridized carbons (Fsp3) is 0.375. The topological polar surface area (TPSA) is 45.5 Å². The lowest BCUT2D eigenvalue weighted by Crippen LogP contribution is -2.39. The molecule has 130 valence electrons. The molecule has 0 saturated carbocycles. The van der Waals surface area contributed by atoms with Gasteiger partial charge in [-0.1, -0.05) is 12.1 Å². The summed E-state index contributed by atoms with van der Waals surface area (Å²) >= 11 is 0. The Morgan fingerprint density at radius 2 is 2.00 bits per heavy atom. The van der Waals surface area contributed by atoms with Gasteiger partial charge in [-0.15, -0.1) is 0 Å². The lowest BCUT2D eigenvalue weighted by Gasteiger charge is -2.22. The molecule has 2 aromatic rings. The monoisotopic (exact) mass is 339 g/mol. The Balaban J connectivity index is 1.88. The Labute approximate surface area is 138 Å². The van der Waals surface area contributed by atoms with E-state index in [-0.39, 0.29) is 0 Å². The van der Waals surface area contributed by atoms with Crippen LogP contribution < -0.4 is 5.32 Å². The van der Waals surface area contributed by atoms with E-state index in [4.69, 9.17) is 0 Å². The zero-order chi connectivity index (χ0) is 17.6. The number of alkyl halides is 3. The van der Waals surface area contributed by atoms with E-state index in [1.165, 1.54) is 12.1 Å². The number of nitrogens with zero attached hydrogens (tertiary/aromatic N) is 4. The summed E-state index contributed by atoms with van der Waals surface area (Å²) in [5.74, 6) is 0.676. The zero-order valence-corrected chi connectivity index (χ0v) is 13.6. The first-order valence-corrected chi connectivity index (χ1v) is 7.44. The molecule has 8 heteroatoms. The van der Waals surface area contributed by atoms with Gasteiger partial charge < -0.3 is 14.8 Å². The molecule has 0 amide bonds. The Morgan fingerprint density at radius 1 is 1.29 bits per heavy atom. The Morgan fingerprint density at radius 3 is 2.54 bits per heavy atom. The fourth-order valence-corrected chi connectivity index (χ4v) is 2.25. The molecule has 0 fully saturated rings. The van der Waals surface area contributed by atoms with Crippen molar-refractivity contribution in [3.05, 3.63) is 54.1 Å². The van der Waals surface area contributed by atoms with Gasteiger partial charge >= 0.3 is 6.18 Å². The molecule has 1 aromatic carbocycles. The van der Waals surface area contributed by atoms with Crippen molar-refractivity contribution in [2.24, 2.45) is 4.99 Å². The van der Waals surface area contributed by atoms with Gasteiger partial charge in [-0.05, 0) is 17.7 Å². The van der Waals surface area contributed by atoms with Crippen molar-refractivity contribution in [2.75, 3.05) is 20.6 Å². The second-order valence-corrected chi connectivity index (χ2v) is 5.33. The molecular formula is C16H20F3N5. The Hall–Kier alpha value is -2.51. The van der Waals surface area contributed by atoms with Gasteiger partial charge in [-0.3, -0.25) is 4.99 Å². The van der Waals surface area contributed by atoms with Gasteiger partial charge in [0.05, 0.1) is 11.9 Å². The molecule has 0 aliphatic rings. The van der Waals surface area contributed by atoms with E-state index in [1.54, 1.807) is 19.6 Å². The van der Waals surface area contributed by atoms with E-state index in [2.05, 4.69) is 15.3 Å². The van der Waals surface area contributed by atoms with Gasteiger partial charge in [0.15, 0.2) is 5.96 Å². The first kappa shape index (κ1) is 17.8. The fourth-order valence-electron chi connectivity index (χ4n) is 2.25. The highest BCUT2D eigenvalue weighted by Gasteiger charge is 2.29. The Kier molecular flexibility index (Phi) is 5.83. The molecule has 0 bridgehead atoms. The molecule has 0 aliphatic carbocycles. The number of benzene rings is 1. The predicted octanol–water partition coefficient (Wildman–Crippen LogP) is 2.61. The minimum absolute atomic E-state index is 0.461. The lowest BCUT2D eigenvalue weighted by atomic mass is 10.1. The normalized spacial score (nSPS) is 12.3. The average molecular weight is 339 g/mol. The van der Waals surface area contributed by atoms with Crippen LogP contribution >= 0.6 is 0 Å². The molecule has 0 saturated heterocycles. The van der Waals surface area contributed by atoms with E-state index in [9.17, 15) is 13.2 Å². The summed E-state index contributed by atoms with van der Waals surface area (Å²) in [6.45, 7) is 1.87. The maximum Gasteiger partial charge on any atom is 0.416 e. The number of guanidine groups is 1. The molecular weight excluding hydrogens is 319 g/mol. The van der Waals surface area contributed by atoms with Gasteiger partial charge in [0.2, 0.25) is 0 Å².